The first-order valence-corrected chi connectivity index (χ1v) is 10.6. The van der Waals surface area contributed by atoms with E-state index < -0.39 is 5.82 Å². The summed E-state index contributed by atoms with van der Waals surface area (Å²) in [5.41, 5.74) is 7.43. The van der Waals surface area contributed by atoms with E-state index >= 15 is 0 Å². The first kappa shape index (κ1) is 22.1. The van der Waals surface area contributed by atoms with Gasteiger partial charge in [0.1, 0.15) is 5.82 Å². The standard InChI is InChI=1S/C27H25FN4O/c1-5-18-6-8-19(9-7-18)26-24(31-17(3)25(26)16(2)30-13-12-29-4)15-22-21-14-20(28)10-11-23(21)32-27(22)33/h1,6-11,14-15,29-31H,2,12-13H2,3-4H3,(H,32,33)/b22-15-. The van der Waals surface area contributed by atoms with E-state index in [1.54, 1.807) is 12.1 Å². The lowest BCUT2D eigenvalue weighted by Gasteiger charge is -2.13. The Labute approximate surface area is 192 Å². The number of hydrogen-bond acceptors (Lipinski definition) is 3. The van der Waals surface area contributed by atoms with Crippen LogP contribution >= 0.6 is 0 Å². The molecule has 5 nitrogen and oxygen atoms in total. The Morgan fingerprint density at radius 1 is 1.21 bits per heavy atom. The lowest BCUT2D eigenvalue weighted by molar-refractivity contribution is -0.110. The Morgan fingerprint density at radius 3 is 2.67 bits per heavy atom. The molecule has 4 N–H and O–H groups in total. The topological polar surface area (TPSA) is 69.0 Å². The first-order chi connectivity index (χ1) is 15.9. The average molecular weight is 441 g/mol. The van der Waals surface area contributed by atoms with E-state index in [0.29, 0.717) is 23.4 Å². The van der Waals surface area contributed by atoms with Crippen LogP contribution in [-0.2, 0) is 4.79 Å². The number of nitrogens with one attached hydrogen (secondary N) is 4. The van der Waals surface area contributed by atoms with Crippen molar-refractivity contribution >= 4 is 28.9 Å². The van der Waals surface area contributed by atoms with E-state index in [0.717, 1.165) is 45.9 Å². The minimum Gasteiger partial charge on any atom is -0.384 e. The van der Waals surface area contributed by atoms with E-state index in [4.69, 9.17) is 6.42 Å². The molecule has 0 aliphatic carbocycles. The van der Waals surface area contributed by atoms with Gasteiger partial charge in [0, 0.05) is 58.1 Å². The second-order valence-corrected chi connectivity index (χ2v) is 7.85. The molecule has 6 heteroatoms. The predicted octanol–water partition coefficient (Wildman–Crippen LogP) is 4.38. The van der Waals surface area contributed by atoms with Crippen molar-refractivity contribution in [2.24, 2.45) is 0 Å². The van der Waals surface area contributed by atoms with E-state index in [1.807, 2.05) is 38.2 Å². The zero-order valence-electron chi connectivity index (χ0n) is 18.6. The number of fused-ring (bicyclic) bond motifs is 1. The Morgan fingerprint density at radius 2 is 1.97 bits per heavy atom. The summed E-state index contributed by atoms with van der Waals surface area (Å²) in [6.45, 7) is 7.70. The number of likely N-dealkylation sites (N-methyl/N-ethyl adjacent to an activating group) is 1. The number of halogens is 1. The Balaban J connectivity index is 1.87. The van der Waals surface area contributed by atoms with Gasteiger partial charge in [0.15, 0.2) is 0 Å². The minimum atomic E-state index is -0.397. The number of terminal acetylenes is 1. The highest BCUT2D eigenvalue weighted by molar-refractivity contribution is 6.35. The summed E-state index contributed by atoms with van der Waals surface area (Å²) in [6.07, 6.45) is 7.30. The molecular weight excluding hydrogens is 415 g/mol. The van der Waals surface area contributed by atoms with Crippen LogP contribution in [0.1, 0.15) is 28.1 Å². The van der Waals surface area contributed by atoms with Crippen LogP contribution in [0.3, 0.4) is 0 Å². The third kappa shape index (κ3) is 4.32. The number of amides is 1. The molecule has 166 valence electrons. The number of rotatable bonds is 7. The van der Waals surface area contributed by atoms with Gasteiger partial charge in [-0.1, -0.05) is 24.6 Å². The number of aromatic nitrogens is 1. The van der Waals surface area contributed by atoms with Crippen molar-refractivity contribution < 1.29 is 9.18 Å². The maximum absolute atomic E-state index is 13.9. The van der Waals surface area contributed by atoms with Crippen LogP contribution in [0.25, 0.3) is 28.5 Å². The van der Waals surface area contributed by atoms with Crippen molar-refractivity contribution in [1.29, 1.82) is 0 Å². The van der Waals surface area contributed by atoms with Crippen LogP contribution in [0.5, 0.6) is 0 Å². The zero-order chi connectivity index (χ0) is 23.5. The van der Waals surface area contributed by atoms with E-state index in [-0.39, 0.29) is 5.91 Å². The van der Waals surface area contributed by atoms with Gasteiger partial charge in [0.2, 0.25) is 0 Å². The molecule has 0 atom stereocenters. The monoisotopic (exact) mass is 440 g/mol. The molecule has 1 aliphatic rings. The normalized spacial score (nSPS) is 13.5. The van der Waals surface area contributed by atoms with Crippen LogP contribution in [0.15, 0.2) is 49.0 Å². The predicted molar refractivity (Wildman–Crippen MR) is 133 cm³/mol. The maximum Gasteiger partial charge on any atom is 0.256 e. The summed E-state index contributed by atoms with van der Waals surface area (Å²) in [5, 5.41) is 9.26. The van der Waals surface area contributed by atoms with Crippen LogP contribution in [-0.4, -0.2) is 31.0 Å². The lowest BCUT2D eigenvalue weighted by atomic mass is 9.96. The number of carbonyl (C=O) groups excluding carboxylic acids is 1. The number of benzene rings is 2. The molecule has 1 amide bonds. The smallest absolute Gasteiger partial charge is 0.256 e. The second kappa shape index (κ2) is 9.19. The summed E-state index contributed by atoms with van der Waals surface area (Å²) in [5.74, 6) is 1.96. The third-order valence-electron chi connectivity index (χ3n) is 5.63. The van der Waals surface area contributed by atoms with Gasteiger partial charge < -0.3 is 20.9 Å². The number of anilines is 1. The molecule has 0 radical (unpaired) electrons. The van der Waals surface area contributed by atoms with Crippen LogP contribution in [0, 0.1) is 25.1 Å². The SMILES string of the molecule is C#Cc1ccc(-c2c(/C=C3\C(=O)Nc4ccc(F)cc43)[nH]c(C)c2C(=C)NCCNC)cc1. The third-order valence-corrected chi connectivity index (χ3v) is 5.63. The number of H-pyrrole nitrogens is 1. The molecule has 0 bridgehead atoms. The van der Waals surface area contributed by atoms with Crippen molar-refractivity contribution in [2.75, 3.05) is 25.5 Å². The molecule has 0 unspecified atom stereocenters. The van der Waals surface area contributed by atoms with Crippen molar-refractivity contribution in [2.45, 2.75) is 6.92 Å². The van der Waals surface area contributed by atoms with Gasteiger partial charge in [-0.05, 0) is 55.9 Å². The first-order valence-electron chi connectivity index (χ1n) is 10.6. The molecular formula is C27H25FN4O. The van der Waals surface area contributed by atoms with Gasteiger partial charge in [0.25, 0.3) is 5.91 Å². The summed E-state index contributed by atoms with van der Waals surface area (Å²) in [6, 6.07) is 11.9. The van der Waals surface area contributed by atoms with Gasteiger partial charge in [-0.25, -0.2) is 4.39 Å². The van der Waals surface area contributed by atoms with Gasteiger partial charge in [-0.15, -0.1) is 6.42 Å². The highest BCUT2D eigenvalue weighted by Gasteiger charge is 2.26. The Bertz CT molecular complexity index is 1310. The van der Waals surface area contributed by atoms with E-state index in [1.165, 1.54) is 12.1 Å². The molecule has 1 aromatic heterocycles. The summed E-state index contributed by atoms with van der Waals surface area (Å²) < 4.78 is 13.9. The highest BCUT2D eigenvalue weighted by atomic mass is 19.1. The van der Waals surface area contributed by atoms with E-state index in [9.17, 15) is 9.18 Å². The van der Waals surface area contributed by atoms with Gasteiger partial charge in [-0.2, -0.15) is 0 Å². The molecule has 0 spiro atoms. The van der Waals surface area contributed by atoms with Crippen LogP contribution in [0.2, 0.25) is 0 Å². The minimum absolute atomic E-state index is 0.274. The quantitative estimate of drug-likeness (QED) is 0.250. The molecule has 33 heavy (non-hydrogen) atoms. The summed E-state index contributed by atoms with van der Waals surface area (Å²) in [7, 11) is 1.89. The molecule has 4 rings (SSSR count). The van der Waals surface area contributed by atoms with Gasteiger partial charge >= 0.3 is 0 Å². The van der Waals surface area contributed by atoms with Crippen LogP contribution < -0.4 is 16.0 Å². The van der Waals surface area contributed by atoms with Gasteiger partial charge in [-0.3, -0.25) is 4.79 Å². The highest BCUT2D eigenvalue weighted by Crippen LogP contribution is 2.38. The largest absolute Gasteiger partial charge is 0.384 e. The van der Waals surface area contributed by atoms with Crippen molar-refractivity contribution in [3.63, 3.8) is 0 Å². The zero-order valence-corrected chi connectivity index (χ0v) is 18.6. The molecule has 0 saturated carbocycles. The number of hydrogen-bond donors (Lipinski definition) is 4. The van der Waals surface area contributed by atoms with Crippen molar-refractivity contribution in [1.82, 2.24) is 15.6 Å². The van der Waals surface area contributed by atoms with Crippen LogP contribution in [0.4, 0.5) is 10.1 Å². The molecule has 0 saturated heterocycles. The molecule has 2 aromatic carbocycles. The molecule has 0 fully saturated rings. The molecule has 2 heterocycles. The number of aromatic amines is 1. The fourth-order valence-electron chi connectivity index (χ4n) is 4.04. The fourth-order valence-corrected chi connectivity index (χ4v) is 4.04. The van der Waals surface area contributed by atoms with Crippen molar-refractivity contribution in [3.8, 4) is 23.5 Å². The van der Waals surface area contributed by atoms with E-state index in [2.05, 4.69) is 33.4 Å². The fraction of sp³-hybridized carbons (Fsp3) is 0.148. The maximum atomic E-state index is 13.9. The average Bonchev–Trinajstić information content (AvgIpc) is 3.30. The number of carbonyl (C=O) groups is 1. The summed E-state index contributed by atoms with van der Waals surface area (Å²) in [4.78, 5) is 16.1. The van der Waals surface area contributed by atoms with Crippen molar-refractivity contribution in [3.05, 3.63) is 82.9 Å². The molecule has 1 aliphatic heterocycles. The summed E-state index contributed by atoms with van der Waals surface area (Å²) >= 11 is 0. The Kier molecular flexibility index (Phi) is 6.16. The lowest BCUT2D eigenvalue weighted by Crippen LogP contribution is -2.23. The molecule has 3 aromatic rings. The number of aryl methyl sites for hydroxylation is 1. The Hall–Kier alpha value is -4.08. The van der Waals surface area contributed by atoms with Gasteiger partial charge in [0.05, 0.1) is 5.57 Å². The second-order valence-electron chi connectivity index (χ2n) is 7.85.